The fraction of sp³-hybridized carbons (Fsp3) is 0.286. The van der Waals surface area contributed by atoms with Crippen LogP contribution in [0.2, 0.25) is 0 Å². The lowest BCUT2D eigenvalue weighted by atomic mass is 10.2. The molecule has 1 N–H and O–H groups in total. The molecule has 0 aromatic heterocycles. The fourth-order valence-corrected chi connectivity index (χ4v) is 1.55. The monoisotopic (exact) mass is 349 g/mol. The van der Waals surface area contributed by atoms with Gasteiger partial charge in [0.15, 0.2) is 0 Å². The number of benzene rings is 1. The highest BCUT2D eigenvalue weighted by Crippen LogP contribution is 2.32. The second-order valence-electron chi connectivity index (χ2n) is 4.11. The summed E-state index contributed by atoms with van der Waals surface area (Å²) in [5.41, 5.74) is -0.195. The highest BCUT2D eigenvalue weighted by Gasteiger charge is 2.31. The summed E-state index contributed by atoms with van der Waals surface area (Å²) in [6.07, 6.45) is -4.03. The van der Waals surface area contributed by atoms with Gasteiger partial charge in [-0.1, -0.05) is 0 Å². The molecule has 1 aromatic carbocycles. The number of alkyl halides is 3. The average molecular weight is 349 g/mol. The van der Waals surface area contributed by atoms with Crippen molar-refractivity contribution in [3.63, 3.8) is 0 Å². The molecule has 0 aliphatic heterocycles. The molecular formula is C14H14F3NO6. The van der Waals surface area contributed by atoms with Gasteiger partial charge >= 0.3 is 18.3 Å². The summed E-state index contributed by atoms with van der Waals surface area (Å²) in [4.78, 5) is 22.9. The molecule has 0 radical (unpaired) electrons. The van der Waals surface area contributed by atoms with Crippen LogP contribution in [0.5, 0.6) is 11.5 Å². The van der Waals surface area contributed by atoms with E-state index in [1.54, 1.807) is 0 Å². The van der Waals surface area contributed by atoms with Crippen molar-refractivity contribution in [2.24, 2.45) is 0 Å². The molecule has 0 atom stereocenters. The van der Waals surface area contributed by atoms with Crippen molar-refractivity contribution in [3.05, 3.63) is 30.0 Å². The summed E-state index contributed by atoms with van der Waals surface area (Å²) in [5, 5.41) is 2.53. The highest BCUT2D eigenvalue weighted by atomic mass is 19.4. The number of anilines is 1. The molecule has 0 spiro atoms. The van der Waals surface area contributed by atoms with Crippen LogP contribution in [0.15, 0.2) is 30.0 Å². The van der Waals surface area contributed by atoms with Crippen molar-refractivity contribution < 1.29 is 41.7 Å². The minimum atomic E-state index is -4.86. The molecule has 1 rings (SSSR count). The molecule has 7 nitrogen and oxygen atoms in total. The maximum Gasteiger partial charge on any atom is 0.573 e. The maximum absolute atomic E-state index is 12.2. The molecule has 0 unspecified atom stereocenters. The number of halogens is 3. The zero-order valence-electron chi connectivity index (χ0n) is 12.9. The van der Waals surface area contributed by atoms with Crippen molar-refractivity contribution in [3.8, 4) is 11.5 Å². The van der Waals surface area contributed by atoms with Crippen LogP contribution in [0.1, 0.15) is 0 Å². The van der Waals surface area contributed by atoms with Crippen LogP contribution in [-0.4, -0.2) is 39.6 Å². The van der Waals surface area contributed by atoms with Crippen LogP contribution in [0.25, 0.3) is 0 Å². The third-order valence-electron chi connectivity index (χ3n) is 2.54. The smallest absolute Gasteiger partial charge is 0.494 e. The zero-order valence-corrected chi connectivity index (χ0v) is 12.9. The van der Waals surface area contributed by atoms with Crippen molar-refractivity contribution in [1.29, 1.82) is 0 Å². The summed E-state index contributed by atoms with van der Waals surface area (Å²) in [7, 11) is 3.41. The van der Waals surface area contributed by atoms with Crippen LogP contribution in [0.4, 0.5) is 18.9 Å². The van der Waals surface area contributed by atoms with Crippen LogP contribution >= 0.6 is 0 Å². The van der Waals surface area contributed by atoms with Crippen molar-refractivity contribution >= 4 is 17.6 Å². The Morgan fingerprint density at radius 2 is 1.79 bits per heavy atom. The van der Waals surface area contributed by atoms with Gasteiger partial charge < -0.3 is 24.3 Å². The third kappa shape index (κ3) is 5.71. The van der Waals surface area contributed by atoms with E-state index in [2.05, 4.69) is 19.5 Å². The van der Waals surface area contributed by atoms with Gasteiger partial charge in [0, 0.05) is 6.07 Å². The summed E-state index contributed by atoms with van der Waals surface area (Å²) in [6, 6.07) is 3.14. The van der Waals surface area contributed by atoms with E-state index in [0.717, 1.165) is 32.4 Å². The molecule has 10 heteroatoms. The molecule has 0 saturated carbocycles. The number of hydrogen-bond acceptors (Lipinski definition) is 7. The molecule has 0 saturated heterocycles. The molecule has 24 heavy (non-hydrogen) atoms. The lowest BCUT2D eigenvalue weighted by Crippen LogP contribution is -2.18. The number of methoxy groups -OCH3 is 3. The predicted molar refractivity (Wildman–Crippen MR) is 75.4 cm³/mol. The van der Waals surface area contributed by atoms with E-state index in [1.165, 1.54) is 13.2 Å². The molecular weight excluding hydrogens is 335 g/mol. The van der Waals surface area contributed by atoms with Crippen LogP contribution in [-0.2, 0) is 19.1 Å². The Bertz CT molecular complexity index is 642. The van der Waals surface area contributed by atoms with E-state index in [1.807, 2.05) is 0 Å². The number of esters is 2. The minimum absolute atomic E-state index is 0.0589. The molecule has 0 aliphatic carbocycles. The van der Waals surface area contributed by atoms with Gasteiger partial charge in [-0.2, -0.15) is 0 Å². The lowest BCUT2D eigenvalue weighted by Gasteiger charge is -2.15. The quantitative estimate of drug-likeness (QED) is 0.623. The predicted octanol–water partition coefficient (Wildman–Crippen LogP) is 2.24. The van der Waals surface area contributed by atoms with Crippen molar-refractivity contribution in [1.82, 2.24) is 0 Å². The number of nitrogens with one attached hydrogen (secondary N) is 1. The average Bonchev–Trinajstić information content (AvgIpc) is 2.52. The SMILES string of the molecule is COC(=O)/C=C(/Nc1ccc(OC(F)(F)F)cc1OC)C(=O)OC. The highest BCUT2D eigenvalue weighted by molar-refractivity contribution is 5.99. The Balaban J connectivity index is 3.13. The van der Waals surface area contributed by atoms with E-state index in [9.17, 15) is 22.8 Å². The van der Waals surface area contributed by atoms with Crippen LogP contribution in [0, 0.1) is 0 Å². The van der Waals surface area contributed by atoms with Crippen LogP contribution in [0.3, 0.4) is 0 Å². The van der Waals surface area contributed by atoms with Gasteiger partial charge in [0.25, 0.3) is 0 Å². The van der Waals surface area contributed by atoms with Crippen molar-refractivity contribution in [2.75, 3.05) is 26.6 Å². The van der Waals surface area contributed by atoms with Crippen LogP contribution < -0.4 is 14.8 Å². The second kappa shape index (κ2) is 8.09. The van der Waals surface area contributed by atoms with Gasteiger partial charge in [0.05, 0.1) is 33.1 Å². The van der Waals surface area contributed by atoms with E-state index >= 15 is 0 Å². The molecule has 0 fully saturated rings. The van der Waals surface area contributed by atoms with Gasteiger partial charge in [-0.3, -0.25) is 0 Å². The Morgan fingerprint density at radius 1 is 1.12 bits per heavy atom. The molecule has 1 aromatic rings. The Hall–Kier alpha value is -2.91. The first-order valence-electron chi connectivity index (χ1n) is 6.29. The van der Waals surface area contributed by atoms with E-state index in [0.29, 0.717) is 0 Å². The summed E-state index contributed by atoms with van der Waals surface area (Å²) >= 11 is 0. The van der Waals surface area contributed by atoms with Gasteiger partial charge in [-0.25, -0.2) is 9.59 Å². The number of carbonyl (C=O) groups is 2. The number of carbonyl (C=O) groups excluding carboxylic acids is 2. The minimum Gasteiger partial charge on any atom is -0.494 e. The standard InChI is InChI=1S/C14H14F3NO6/c1-21-11-6-8(24-14(15,16)17)4-5-9(11)18-10(13(20)23-3)7-12(19)22-2/h4-7,18H,1-3H3/b10-7+. The summed E-state index contributed by atoms with van der Waals surface area (Å²) in [5.74, 6) is -2.30. The lowest BCUT2D eigenvalue weighted by molar-refractivity contribution is -0.274. The van der Waals surface area contributed by atoms with Crippen molar-refractivity contribution in [2.45, 2.75) is 6.36 Å². The summed E-state index contributed by atoms with van der Waals surface area (Å²) < 4.78 is 54.3. The van der Waals surface area contributed by atoms with Gasteiger partial charge in [-0.15, -0.1) is 13.2 Å². The Kier molecular flexibility index (Phi) is 6.45. The van der Waals surface area contributed by atoms with E-state index in [4.69, 9.17) is 4.74 Å². The first-order valence-corrected chi connectivity index (χ1v) is 6.29. The Labute approximate surface area is 134 Å². The van der Waals surface area contributed by atoms with Gasteiger partial charge in [0.1, 0.15) is 17.2 Å². The number of ether oxygens (including phenoxy) is 4. The Morgan fingerprint density at radius 3 is 2.29 bits per heavy atom. The van der Waals surface area contributed by atoms with E-state index < -0.39 is 24.1 Å². The second-order valence-corrected chi connectivity index (χ2v) is 4.11. The molecule has 0 amide bonds. The fourth-order valence-electron chi connectivity index (χ4n) is 1.55. The topological polar surface area (TPSA) is 83.1 Å². The molecule has 132 valence electrons. The molecule has 0 heterocycles. The number of rotatable bonds is 6. The zero-order chi connectivity index (χ0) is 18.3. The maximum atomic E-state index is 12.2. The molecule has 0 aliphatic rings. The normalized spacial score (nSPS) is 11.5. The largest absolute Gasteiger partial charge is 0.573 e. The third-order valence-corrected chi connectivity index (χ3v) is 2.54. The molecule has 0 bridgehead atoms. The van der Waals surface area contributed by atoms with Gasteiger partial charge in [-0.05, 0) is 12.1 Å². The summed E-state index contributed by atoms with van der Waals surface area (Å²) in [6.45, 7) is 0. The van der Waals surface area contributed by atoms with E-state index in [-0.39, 0.29) is 17.1 Å². The van der Waals surface area contributed by atoms with Gasteiger partial charge in [0.2, 0.25) is 0 Å². The first-order chi connectivity index (χ1) is 11.2. The number of hydrogen-bond donors (Lipinski definition) is 1. The first kappa shape index (κ1) is 19.1.